The summed E-state index contributed by atoms with van der Waals surface area (Å²) in [6.45, 7) is 3.16. The first-order valence-corrected chi connectivity index (χ1v) is 12.3. The third-order valence-electron chi connectivity index (χ3n) is 6.24. The van der Waals surface area contributed by atoms with Crippen LogP contribution < -0.4 is 5.32 Å². The molecule has 0 aromatic carbocycles. The molecule has 1 saturated heterocycles. The number of aromatic nitrogens is 4. The molecule has 3 aromatic heterocycles. The molecule has 1 aliphatic carbocycles. The van der Waals surface area contributed by atoms with E-state index in [1.807, 2.05) is 18.3 Å². The molecule has 0 unspecified atom stereocenters. The van der Waals surface area contributed by atoms with Crippen molar-refractivity contribution in [3.63, 3.8) is 0 Å². The molecule has 0 amide bonds. The van der Waals surface area contributed by atoms with Crippen molar-refractivity contribution in [2.45, 2.75) is 70.1 Å². The lowest BCUT2D eigenvalue weighted by atomic mass is 9.93. The number of hydrogen-bond acceptors (Lipinski definition) is 8. The van der Waals surface area contributed by atoms with Crippen molar-refractivity contribution in [3.05, 3.63) is 40.8 Å². The summed E-state index contributed by atoms with van der Waals surface area (Å²) in [6, 6.07) is 6.41. The monoisotopic (exact) mass is 438 g/mol. The van der Waals surface area contributed by atoms with Crippen molar-refractivity contribution in [1.82, 2.24) is 24.8 Å². The number of pyridine rings is 1. The van der Waals surface area contributed by atoms with Gasteiger partial charge >= 0.3 is 0 Å². The molecule has 1 saturated carbocycles. The van der Waals surface area contributed by atoms with Crippen molar-refractivity contribution in [1.29, 1.82) is 0 Å². The maximum Gasteiger partial charge on any atom is 0.223 e. The molecule has 0 spiro atoms. The first kappa shape index (κ1) is 20.7. The molecule has 7 nitrogen and oxygen atoms in total. The molecule has 0 radical (unpaired) electrons. The second kappa shape index (κ2) is 9.54. The van der Waals surface area contributed by atoms with Gasteiger partial charge in [0.25, 0.3) is 0 Å². The summed E-state index contributed by atoms with van der Waals surface area (Å²) in [5.74, 6) is 0.713. The Morgan fingerprint density at radius 2 is 1.84 bits per heavy atom. The molecule has 2 aliphatic rings. The molecule has 1 aliphatic heterocycles. The molecule has 8 heteroatoms. The fraction of sp³-hybridized carbons (Fsp3) is 0.565. The zero-order chi connectivity index (χ0) is 21.0. The quantitative estimate of drug-likeness (QED) is 0.606. The van der Waals surface area contributed by atoms with Gasteiger partial charge in [0.05, 0.1) is 17.5 Å². The fourth-order valence-electron chi connectivity index (χ4n) is 4.58. The lowest BCUT2D eigenvalue weighted by Gasteiger charge is -2.27. The molecule has 0 atom stereocenters. The maximum absolute atomic E-state index is 9.81. The molecular weight excluding hydrogens is 408 g/mol. The molecule has 164 valence electrons. The van der Waals surface area contributed by atoms with Crippen LogP contribution in [0.2, 0.25) is 0 Å². The zero-order valence-corrected chi connectivity index (χ0v) is 18.7. The zero-order valence-electron chi connectivity index (χ0n) is 17.8. The van der Waals surface area contributed by atoms with Gasteiger partial charge in [-0.2, -0.15) is 0 Å². The predicted octanol–water partition coefficient (Wildman–Crippen LogP) is 3.77. The third-order valence-corrected chi connectivity index (χ3v) is 7.22. The fourth-order valence-corrected chi connectivity index (χ4v) is 5.50. The van der Waals surface area contributed by atoms with E-state index in [2.05, 4.69) is 21.3 Å². The van der Waals surface area contributed by atoms with E-state index in [1.165, 1.54) is 19.3 Å². The lowest BCUT2D eigenvalue weighted by Crippen LogP contribution is -2.31. The Labute approximate surface area is 187 Å². The highest BCUT2D eigenvalue weighted by Gasteiger charge is 2.21. The predicted molar refractivity (Wildman–Crippen MR) is 123 cm³/mol. The Morgan fingerprint density at radius 3 is 2.65 bits per heavy atom. The normalized spacial score (nSPS) is 22.6. The van der Waals surface area contributed by atoms with Crippen LogP contribution in [0.25, 0.3) is 10.3 Å². The van der Waals surface area contributed by atoms with Crippen LogP contribution in [0.1, 0.15) is 61.3 Å². The molecule has 5 rings (SSSR count). The van der Waals surface area contributed by atoms with Crippen LogP contribution in [0.15, 0.2) is 24.4 Å². The number of rotatable bonds is 6. The van der Waals surface area contributed by atoms with Gasteiger partial charge in [-0.05, 0) is 69.8 Å². The number of piperidine rings is 1. The van der Waals surface area contributed by atoms with Gasteiger partial charge in [0, 0.05) is 25.2 Å². The van der Waals surface area contributed by atoms with E-state index < -0.39 is 0 Å². The minimum Gasteiger partial charge on any atom is -0.393 e. The van der Waals surface area contributed by atoms with E-state index >= 15 is 0 Å². The van der Waals surface area contributed by atoms with E-state index in [-0.39, 0.29) is 6.10 Å². The second-order valence-corrected chi connectivity index (χ2v) is 9.83. The van der Waals surface area contributed by atoms with Crippen molar-refractivity contribution in [3.8, 4) is 0 Å². The molecule has 2 N–H and O–H groups in total. The van der Waals surface area contributed by atoms with Gasteiger partial charge in [0.15, 0.2) is 0 Å². The Morgan fingerprint density at radius 1 is 1.03 bits per heavy atom. The molecule has 3 aromatic rings. The topological polar surface area (TPSA) is 87.1 Å². The van der Waals surface area contributed by atoms with Gasteiger partial charge in [0.2, 0.25) is 5.95 Å². The van der Waals surface area contributed by atoms with Crippen LogP contribution in [0.4, 0.5) is 5.95 Å². The Kier molecular flexibility index (Phi) is 6.38. The summed E-state index contributed by atoms with van der Waals surface area (Å²) < 4.78 is 0. The number of nitrogens with one attached hydrogen (secondary N) is 1. The van der Waals surface area contributed by atoms with Crippen LogP contribution in [0.5, 0.6) is 0 Å². The van der Waals surface area contributed by atoms with E-state index in [9.17, 15) is 5.11 Å². The number of aliphatic hydroxyl groups is 1. The van der Waals surface area contributed by atoms with E-state index in [0.717, 1.165) is 72.1 Å². The van der Waals surface area contributed by atoms with Gasteiger partial charge in [-0.15, -0.1) is 0 Å². The Balaban J connectivity index is 1.37. The highest BCUT2D eigenvalue weighted by molar-refractivity contribution is 7.18. The van der Waals surface area contributed by atoms with Gasteiger partial charge in [-0.3, -0.25) is 4.90 Å². The lowest BCUT2D eigenvalue weighted by molar-refractivity contribution is 0.126. The van der Waals surface area contributed by atoms with Crippen LogP contribution in [0.3, 0.4) is 0 Å². The minimum absolute atomic E-state index is 0.160. The summed E-state index contributed by atoms with van der Waals surface area (Å²) in [5, 5.41) is 14.4. The van der Waals surface area contributed by atoms with Crippen LogP contribution in [-0.4, -0.2) is 55.2 Å². The first-order chi connectivity index (χ1) is 15.2. The first-order valence-electron chi connectivity index (χ1n) is 11.5. The Bertz CT molecular complexity index is 977. The average molecular weight is 439 g/mol. The minimum atomic E-state index is -0.160. The highest BCUT2D eigenvalue weighted by atomic mass is 32.1. The van der Waals surface area contributed by atoms with E-state index in [0.29, 0.717) is 18.4 Å². The number of fused-ring (bicyclic) bond motifs is 1. The van der Waals surface area contributed by atoms with Crippen molar-refractivity contribution >= 4 is 27.6 Å². The van der Waals surface area contributed by atoms with Crippen molar-refractivity contribution in [2.75, 3.05) is 18.4 Å². The van der Waals surface area contributed by atoms with Crippen LogP contribution in [0, 0.1) is 0 Å². The smallest absolute Gasteiger partial charge is 0.223 e. The van der Waals surface area contributed by atoms with E-state index in [4.69, 9.17) is 15.0 Å². The van der Waals surface area contributed by atoms with Gasteiger partial charge < -0.3 is 10.4 Å². The Hall–Kier alpha value is -2.16. The average Bonchev–Trinajstić information content (AvgIpc) is 3.18. The molecule has 0 bridgehead atoms. The van der Waals surface area contributed by atoms with Gasteiger partial charge in [-0.25, -0.2) is 19.9 Å². The number of likely N-dealkylation sites (tertiary alicyclic amines) is 1. The third kappa shape index (κ3) is 5.37. The standard InChI is InChI=1S/C23H30N6OS/c30-19-8-6-16(7-9-19)25-23-26-17(13-18(27-23)15-29-11-2-1-3-12-29)14-21-28-20-5-4-10-24-22(20)31-21/h4-5,10,13,16,19,30H,1-3,6-9,11-12,14-15H2,(H,25,26,27). The van der Waals surface area contributed by atoms with Crippen molar-refractivity contribution < 1.29 is 5.11 Å². The number of anilines is 1. The summed E-state index contributed by atoms with van der Waals surface area (Å²) in [4.78, 5) is 22.4. The second-order valence-electron chi connectivity index (χ2n) is 8.77. The van der Waals surface area contributed by atoms with Gasteiger partial charge in [-0.1, -0.05) is 17.8 Å². The van der Waals surface area contributed by atoms with Crippen LogP contribution in [-0.2, 0) is 13.0 Å². The maximum atomic E-state index is 9.81. The van der Waals surface area contributed by atoms with E-state index in [1.54, 1.807) is 11.3 Å². The molecule has 4 heterocycles. The van der Waals surface area contributed by atoms with Crippen molar-refractivity contribution in [2.24, 2.45) is 0 Å². The highest BCUT2D eigenvalue weighted by Crippen LogP contribution is 2.24. The molecule has 2 fully saturated rings. The molecular formula is C23H30N6OS. The number of aliphatic hydroxyl groups excluding tert-OH is 1. The molecule has 31 heavy (non-hydrogen) atoms. The number of thiazole rings is 1. The largest absolute Gasteiger partial charge is 0.393 e. The number of nitrogens with zero attached hydrogens (tertiary/aromatic N) is 5. The van der Waals surface area contributed by atoms with Gasteiger partial charge in [0.1, 0.15) is 15.4 Å². The van der Waals surface area contributed by atoms with Crippen LogP contribution >= 0.6 is 11.3 Å². The number of hydrogen-bond donors (Lipinski definition) is 2. The summed E-state index contributed by atoms with van der Waals surface area (Å²) in [7, 11) is 0. The SMILES string of the molecule is OC1CCC(Nc2nc(Cc3nc4cccnc4s3)cc(CN3CCCCC3)n2)CC1. The summed E-state index contributed by atoms with van der Waals surface area (Å²) in [5.41, 5.74) is 3.02. The summed E-state index contributed by atoms with van der Waals surface area (Å²) in [6.07, 6.45) is 9.82. The summed E-state index contributed by atoms with van der Waals surface area (Å²) >= 11 is 1.63.